The molecule has 26 heavy (non-hydrogen) atoms. The zero-order valence-corrected chi connectivity index (χ0v) is 15.9. The van der Waals surface area contributed by atoms with Crippen molar-refractivity contribution in [2.24, 2.45) is 0 Å². The Bertz CT molecular complexity index is 467. The molecule has 0 amide bonds. The number of nitrogens with zero attached hydrogens (tertiary/aromatic N) is 3. The zero-order valence-electron chi connectivity index (χ0n) is 15.9. The van der Waals surface area contributed by atoms with E-state index in [4.69, 9.17) is 0 Å². The van der Waals surface area contributed by atoms with Crippen molar-refractivity contribution < 1.29 is 14.7 Å². The number of carbonyl (C=O) groups is 2. The average molecular weight is 367 g/mol. The van der Waals surface area contributed by atoms with Crippen molar-refractivity contribution in [1.82, 2.24) is 20.0 Å². The largest absolute Gasteiger partial charge is 0.480 e. The van der Waals surface area contributed by atoms with Gasteiger partial charge in [0.15, 0.2) is 11.8 Å². The van der Waals surface area contributed by atoms with Gasteiger partial charge in [-0.25, -0.2) is 0 Å². The van der Waals surface area contributed by atoms with Gasteiger partial charge in [-0.05, 0) is 51.9 Å². The fourth-order valence-electron chi connectivity index (χ4n) is 4.60. The molecule has 0 saturated carbocycles. The van der Waals surface area contributed by atoms with Gasteiger partial charge in [0.25, 0.3) is 0 Å². The van der Waals surface area contributed by atoms with Crippen LogP contribution in [0, 0.1) is 0 Å². The van der Waals surface area contributed by atoms with E-state index < -0.39 is 12.0 Å². The Labute approximate surface area is 156 Å². The van der Waals surface area contributed by atoms with E-state index in [1.54, 1.807) is 0 Å². The van der Waals surface area contributed by atoms with Crippen LogP contribution in [0.4, 0.5) is 0 Å². The molecule has 0 bridgehead atoms. The number of ketones is 1. The van der Waals surface area contributed by atoms with Crippen LogP contribution in [0.15, 0.2) is 0 Å². The highest BCUT2D eigenvalue weighted by Crippen LogP contribution is 2.16. The first-order valence-corrected chi connectivity index (χ1v) is 10.3. The van der Waals surface area contributed by atoms with Crippen LogP contribution >= 0.6 is 0 Å². The molecule has 0 aliphatic carbocycles. The van der Waals surface area contributed by atoms with Crippen LogP contribution in [0.3, 0.4) is 0 Å². The molecule has 3 heterocycles. The minimum Gasteiger partial charge on any atom is -0.480 e. The molecule has 0 radical (unpaired) electrons. The molecule has 2 N–H and O–H groups in total. The highest BCUT2D eigenvalue weighted by Gasteiger charge is 2.33. The van der Waals surface area contributed by atoms with E-state index in [0.717, 1.165) is 71.6 Å². The van der Waals surface area contributed by atoms with Crippen LogP contribution in [-0.2, 0) is 9.59 Å². The smallest absolute Gasteiger partial charge is 0.328 e. The topological polar surface area (TPSA) is 76.1 Å². The van der Waals surface area contributed by atoms with Crippen LogP contribution in [0.1, 0.15) is 38.5 Å². The number of carboxylic acid groups (broad SMARTS) is 1. The van der Waals surface area contributed by atoms with Crippen LogP contribution in [0.5, 0.6) is 0 Å². The summed E-state index contributed by atoms with van der Waals surface area (Å²) in [5.41, 5.74) is 0. The number of piperidine rings is 2. The van der Waals surface area contributed by atoms with E-state index in [1.165, 1.54) is 12.8 Å². The molecule has 1 unspecified atom stereocenters. The van der Waals surface area contributed by atoms with E-state index in [0.29, 0.717) is 19.0 Å². The fraction of sp³-hybridized carbons (Fsp3) is 0.895. The lowest BCUT2D eigenvalue weighted by Crippen LogP contribution is -2.53. The molecule has 1 atom stereocenters. The van der Waals surface area contributed by atoms with Crippen molar-refractivity contribution in [1.29, 1.82) is 0 Å². The maximum Gasteiger partial charge on any atom is 0.328 e. The molecule has 3 aliphatic rings. The summed E-state index contributed by atoms with van der Waals surface area (Å²) in [5.74, 6) is -1.10. The molecule has 3 fully saturated rings. The first kappa shape index (κ1) is 19.7. The van der Waals surface area contributed by atoms with Gasteiger partial charge >= 0.3 is 5.97 Å². The maximum atomic E-state index is 12.6. The molecule has 148 valence electrons. The number of hydrogen-bond donors (Lipinski definition) is 2. The number of carbonyl (C=O) groups excluding carboxylic acids is 1. The second kappa shape index (κ2) is 9.78. The number of likely N-dealkylation sites (tertiary alicyclic amines) is 1. The summed E-state index contributed by atoms with van der Waals surface area (Å²) in [6.07, 6.45) is 5.94. The van der Waals surface area contributed by atoms with E-state index in [1.807, 2.05) is 4.90 Å². The third-order valence-electron chi connectivity index (χ3n) is 6.20. The molecule has 0 spiro atoms. The summed E-state index contributed by atoms with van der Waals surface area (Å²) in [4.78, 5) is 31.0. The summed E-state index contributed by atoms with van der Waals surface area (Å²) in [6.45, 7) is 8.49. The van der Waals surface area contributed by atoms with E-state index in [2.05, 4.69) is 15.1 Å². The van der Waals surface area contributed by atoms with Gasteiger partial charge in [-0.3, -0.25) is 19.4 Å². The Morgan fingerprint density at radius 2 is 1.62 bits per heavy atom. The summed E-state index contributed by atoms with van der Waals surface area (Å²) >= 11 is 0. The molecule has 0 aromatic rings. The van der Waals surface area contributed by atoms with Crippen molar-refractivity contribution >= 4 is 11.8 Å². The third-order valence-corrected chi connectivity index (χ3v) is 6.20. The van der Waals surface area contributed by atoms with Gasteiger partial charge in [0, 0.05) is 45.2 Å². The summed E-state index contributed by atoms with van der Waals surface area (Å²) in [5, 5.41) is 12.9. The molecule has 3 saturated heterocycles. The minimum atomic E-state index is -0.979. The van der Waals surface area contributed by atoms with Gasteiger partial charge in [-0.15, -0.1) is 0 Å². The normalized spacial score (nSPS) is 25.8. The lowest BCUT2D eigenvalue weighted by Gasteiger charge is -2.41. The Kier molecular flexibility index (Phi) is 7.42. The van der Waals surface area contributed by atoms with Gasteiger partial charge in [0.2, 0.25) is 0 Å². The maximum absolute atomic E-state index is 12.6. The molecular weight excluding hydrogens is 332 g/mol. The second-order valence-electron chi connectivity index (χ2n) is 7.91. The molecule has 0 aromatic carbocycles. The molecule has 7 heteroatoms. The standard InChI is InChI=1S/C19H34N4O3/c24-17(18(19(25)26)23-9-2-1-3-10-23)6-11-21-12-14-22(15-13-21)16-4-7-20-8-5-16/h16,18,20H,1-15H2,(H,25,26). The first-order valence-electron chi connectivity index (χ1n) is 10.3. The van der Waals surface area contributed by atoms with E-state index in [-0.39, 0.29) is 5.78 Å². The highest BCUT2D eigenvalue weighted by molar-refractivity contribution is 6.02. The molecule has 0 aromatic heterocycles. The number of piperazine rings is 1. The Hall–Kier alpha value is -1.02. The van der Waals surface area contributed by atoms with Crippen molar-refractivity contribution in [3.05, 3.63) is 0 Å². The van der Waals surface area contributed by atoms with E-state index in [9.17, 15) is 14.7 Å². The van der Waals surface area contributed by atoms with Crippen molar-refractivity contribution in [3.8, 4) is 0 Å². The number of nitrogens with one attached hydrogen (secondary N) is 1. The Morgan fingerprint density at radius 3 is 2.23 bits per heavy atom. The Morgan fingerprint density at radius 1 is 0.962 bits per heavy atom. The monoisotopic (exact) mass is 366 g/mol. The number of Topliss-reactive ketones (excluding diaryl/α,β-unsaturated/α-hetero) is 1. The number of rotatable bonds is 7. The lowest BCUT2D eigenvalue weighted by molar-refractivity contribution is -0.148. The molecule has 7 nitrogen and oxygen atoms in total. The molecular formula is C19H34N4O3. The SMILES string of the molecule is O=C(O)C(C(=O)CCN1CCN(C2CCNCC2)CC1)N1CCCCC1. The predicted molar refractivity (Wildman–Crippen MR) is 100 cm³/mol. The van der Waals surface area contributed by atoms with Crippen LogP contribution in [0.2, 0.25) is 0 Å². The number of carboxylic acids is 1. The summed E-state index contributed by atoms with van der Waals surface area (Å²) in [6, 6.07) is -0.234. The van der Waals surface area contributed by atoms with Crippen LogP contribution in [0.25, 0.3) is 0 Å². The molecule has 3 rings (SSSR count). The molecule has 3 aliphatic heterocycles. The van der Waals surface area contributed by atoms with Gasteiger partial charge < -0.3 is 15.3 Å². The van der Waals surface area contributed by atoms with Gasteiger partial charge in [-0.2, -0.15) is 0 Å². The zero-order chi connectivity index (χ0) is 18.4. The minimum absolute atomic E-state index is 0.125. The highest BCUT2D eigenvalue weighted by atomic mass is 16.4. The third kappa shape index (κ3) is 5.25. The number of aliphatic carboxylic acids is 1. The lowest BCUT2D eigenvalue weighted by atomic mass is 10.0. The predicted octanol–water partition coefficient (Wildman–Crippen LogP) is 0.254. The average Bonchev–Trinajstić information content (AvgIpc) is 2.68. The van der Waals surface area contributed by atoms with Crippen LogP contribution < -0.4 is 5.32 Å². The van der Waals surface area contributed by atoms with Gasteiger partial charge in [0.1, 0.15) is 0 Å². The van der Waals surface area contributed by atoms with Crippen LogP contribution in [-0.4, -0.2) is 103 Å². The fourth-order valence-corrected chi connectivity index (χ4v) is 4.60. The summed E-state index contributed by atoms with van der Waals surface area (Å²) in [7, 11) is 0. The quantitative estimate of drug-likeness (QED) is 0.626. The van der Waals surface area contributed by atoms with Crippen molar-refractivity contribution in [2.75, 3.05) is 58.9 Å². The summed E-state index contributed by atoms with van der Waals surface area (Å²) < 4.78 is 0. The van der Waals surface area contributed by atoms with E-state index >= 15 is 0 Å². The van der Waals surface area contributed by atoms with Gasteiger partial charge in [0.05, 0.1) is 0 Å². The number of hydrogen-bond acceptors (Lipinski definition) is 6. The van der Waals surface area contributed by atoms with Crippen molar-refractivity contribution in [3.63, 3.8) is 0 Å². The van der Waals surface area contributed by atoms with Crippen molar-refractivity contribution in [2.45, 2.75) is 50.6 Å². The van der Waals surface area contributed by atoms with Gasteiger partial charge in [-0.1, -0.05) is 6.42 Å². The second-order valence-corrected chi connectivity index (χ2v) is 7.91. The first-order chi connectivity index (χ1) is 12.6. The Balaban J connectivity index is 1.41.